The molecule has 1 atom stereocenters. The lowest BCUT2D eigenvalue weighted by Gasteiger charge is -2.14. The van der Waals surface area contributed by atoms with Crippen LogP contribution in [0.2, 0.25) is 0 Å². The van der Waals surface area contributed by atoms with E-state index in [4.69, 9.17) is 4.74 Å². The Morgan fingerprint density at radius 2 is 2.11 bits per heavy atom. The third-order valence-corrected chi connectivity index (χ3v) is 3.21. The molecule has 1 aromatic carbocycles. The fourth-order valence-corrected chi connectivity index (χ4v) is 2.22. The molecule has 0 aliphatic heterocycles. The first-order valence-electron chi connectivity index (χ1n) is 6.07. The lowest BCUT2D eigenvalue weighted by Crippen LogP contribution is -2.01. The number of aryl methyl sites for hydroxylation is 1. The Morgan fingerprint density at radius 1 is 1.32 bits per heavy atom. The molecule has 2 aromatic rings. The first kappa shape index (κ1) is 14.0. The van der Waals surface area contributed by atoms with E-state index in [0.29, 0.717) is 6.61 Å². The molecule has 100 valence electrons. The fourth-order valence-electron chi connectivity index (χ4n) is 1.81. The summed E-state index contributed by atoms with van der Waals surface area (Å²) >= 11 is 3.38. The van der Waals surface area contributed by atoms with E-state index >= 15 is 0 Å². The fraction of sp³-hybridized carbons (Fsp3) is 0.267. The van der Waals surface area contributed by atoms with E-state index in [0.717, 1.165) is 26.9 Å². The first-order chi connectivity index (χ1) is 9.06. The number of aliphatic hydroxyl groups is 1. The standard InChI is InChI=1S/C15H16BrNO2/c1-10-3-4-14(11(2)18)15(5-10)19-9-12-6-13(16)8-17-7-12/h3-8,11,18H,9H2,1-2H3. The minimum absolute atomic E-state index is 0.426. The van der Waals surface area contributed by atoms with Gasteiger partial charge in [-0.05, 0) is 47.5 Å². The van der Waals surface area contributed by atoms with Gasteiger partial charge in [-0.3, -0.25) is 4.98 Å². The molecule has 1 aromatic heterocycles. The molecule has 4 heteroatoms. The second kappa shape index (κ2) is 6.17. The van der Waals surface area contributed by atoms with Gasteiger partial charge in [0.15, 0.2) is 0 Å². The zero-order valence-electron chi connectivity index (χ0n) is 10.9. The second-order valence-electron chi connectivity index (χ2n) is 4.52. The molecule has 2 rings (SSSR count). The molecule has 0 fully saturated rings. The largest absolute Gasteiger partial charge is 0.488 e. The second-order valence-corrected chi connectivity index (χ2v) is 5.43. The van der Waals surface area contributed by atoms with Crippen molar-refractivity contribution in [1.82, 2.24) is 4.98 Å². The highest BCUT2D eigenvalue weighted by Crippen LogP contribution is 2.27. The molecule has 1 unspecified atom stereocenters. The molecule has 0 aliphatic carbocycles. The van der Waals surface area contributed by atoms with E-state index in [9.17, 15) is 5.11 Å². The Kier molecular flexibility index (Phi) is 4.56. The zero-order chi connectivity index (χ0) is 13.8. The summed E-state index contributed by atoms with van der Waals surface area (Å²) in [6, 6.07) is 7.77. The van der Waals surface area contributed by atoms with Crippen molar-refractivity contribution in [3.63, 3.8) is 0 Å². The summed E-state index contributed by atoms with van der Waals surface area (Å²) in [4.78, 5) is 4.10. The average Bonchev–Trinajstić information content (AvgIpc) is 2.36. The summed E-state index contributed by atoms with van der Waals surface area (Å²) in [6.45, 7) is 4.16. The maximum Gasteiger partial charge on any atom is 0.125 e. The summed E-state index contributed by atoms with van der Waals surface area (Å²) < 4.78 is 6.72. The third kappa shape index (κ3) is 3.78. The maximum atomic E-state index is 9.74. The van der Waals surface area contributed by atoms with Crippen molar-refractivity contribution in [3.05, 3.63) is 57.8 Å². The Hall–Kier alpha value is -1.39. The van der Waals surface area contributed by atoms with Crippen LogP contribution in [-0.2, 0) is 6.61 Å². The topological polar surface area (TPSA) is 42.4 Å². The van der Waals surface area contributed by atoms with Gasteiger partial charge in [0.25, 0.3) is 0 Å². The summed E-state index contributed by atoms with van der Waals surface area (Å²) in [5, 5.41) is 9.74. The van der Waals surface area contributed by atoms with Gasteiger partial charge in [0, 0.05) is 28.0 Å². The van der Waals surface area contributed by atoms with Crippen LogP contribution in [0, 0.1) is 6.92 Å². The van der Waals surface area contributed by atoms with E-state index in [1.54, 1.807) is 19.3 Å². The Bertz CT molecular complexity index is 570. The number of pyridine rings is 1. The highest BCUT2D eigenvalue weighted by atomic mass is 79.9. The van der Waals surface area contributed by atoms with Gasteiger partial charge in [0.05, 0.1) is 6.10 Å². The molecule has 0 radical (unpaired) electrons. The van der Waals surface area contributed by atoms with Crippen LogP contribution in [0.15, 0.2) is 41.1 Å². The molecule has 0 saturated carbocycles. The van der Waals surface area contributed by atoms with Crippen LogP contribution in [0.5, 0.6) is 5.75 Å². The molecule has 0 spiro atoms. The number of rotatable bonds is 4. The van der Waals surface area contributed by atoms with Gasteiger partial charge in [-0.15, -0.1) is 0 Å². The Balaban J connectivity index is 2.17. The molecule has 19 heavy (non-hydrogen) atoms. The Morgan fingerprint density at radius 3 is 2.79 bits per heavy atom. The van der Waals surface area contributed by atoms with Gasteiger partial charge in [0.2, 0.25) is 0 Å². The van der Waals surface area contributed by atoms with Gasteiger partial charge in [0.1, 0.15) is 12.4 Å². The van der Waals surface area contributed by atoms with Crippen molar-refractivity contribution in [2.75, 3.05) is 0 Å². The summed E-state index contributed by atoms with van der Waals surface area (Å²) in [7, 11) is 0. The highest BCUT2D eigenvalue weighted by molar-refractivity contribution is 9.10. The van der Waals surface area contributed by atoms with E-state index < -0.39 is 6.10 Å². The highest BCUT2D eigenvalue weighted by Gasteiger charge is 2.09. The molecular formula is C15H16BrNO2. The van der Waals surface area contributed by atoms with Crippen LogP contribution in [-0.4, -0.2) is 10.1 Å². The van der Waals surface area contributed by atoms with Gasteiger partial charge < -0.3 is 9.84 Å². The van der Waals surface area contributed by atoms with Crippen molar-refractivity contribution in [1.29, 1.82) is 0 Å². The Labute approximate surface area is 121 Å². The van der Waals surface area contributed by atoms with E-state index in [2.05, 4.69) is 20.9 Å². The summed E-state index contributed by atoms with van der Waals surface area (Å²) in [5.74, 6) is 0.718. The minimum atomic E-state index is -0.545. The quantitative estimate of drug-likeness (QED) is 0.931. The van der Waals surface area contributed by atoms with Gasteiger partial charge in [-0.2, -0.15) is 0 Å². The summed E-state index contributed by atoms with van der Waals surface area (Å²) in [6.07, 6.45) is 2.95. The third-order valence-electron chi connectivity index (χ3n) is 2.78. The maximum absolute atomic E-state index is 9.74. The molecule has 3 nitrogen and oxygen atoms in total. The van der Waals surface area contributed by atoms with Crippen LogP contribution in [0.25, 0.3) is 0 Å². The van der Waals surface area contributed by atoms with Crippen molar-refractivity contribution < 1.29 is 9.84 Å². The van der Waals surface area contributed by atoms with Gasteiger partial charge >= 0.3 is 0 Å². The van der Waals surface area contributed by atoms with Crippen LogP contribution >= 0.6 is 15.9 Å². The van der Waals surface area contributed by atoms with Crippen LogP contribution in [0.1, 0.15) is 29.7 Å². The molecule has 0 aliphatic rings. The average molecular weight is 322 g/mol. The van der Waals surface area contributed by atoms with Crippen LogP contribution in [0.3, 0.4) is 0 Å². The van der Waals surface area contributed by atoms with Crippen LogP contribution < -0.4 is 4.74 Å². The van der Waals surface area contributed by atoms with Gasteiger partial charge in [-0.1, -0.05) is 12.1 Å². The number of hydrogen-bond acceptors (Lipinski definition) is 3. The normalized spacial score (nSPS) is 12.2. The number of ether oxygens (including phenoxy) is 1. The molecule has 1 heterocycles. The number of halogens is 1. The SMILES string of the molecule is Cc1ccc(C(C)O)c(OCc2cncc(Br)c2)c1. The first-order valence-corrected chi connectivity index (χ1v) is 6.86. The number of aliphatic hydroxyl groups excluding tert-OH is 1. The molecule has 0 bridgehead atoms. The van der Waals surface area contributed by atoms with Crippen LogP contribution in [0.4, 0.5) is 0 Å². The number of aromatic nitrogens is 1. The number of nitrogens with zero attached hydrogens (tertiary/aromatic N) is 1. The van der Waals surface area contributed by atoms with Gasteiger partial charge in [-0.25, -0.2) is 0 Å². The van der Waals surface area contributed by atoms with E-state index in [-0.39, 0.29) is 0 Å². The van der Waals surface area contributed by atoms with Crippen molar-refractivity contribution in [2.45, 2.75) is 26.6 Å². The molecular weight excluding hydrogens is 306 g/mol. The van der Waals surface area contributed by atoms with E-state index in [1.165, 1.54) is 0 Å². The minimum Gasteiger partial charge on any atom is -0.488 e. The molecule has 1 N–H and O–H groups in total. The van der Waals surface area contributed by atoms with E-state index in [1.807, 2.05) is 31.2 Å². The predicted molar refractivity (Wildman–Crippen MR) is 78.1 cm³/mol. The number of benzene rings is 1. The monoisotopic (exact) mass is 321 g/mol. The lowest BCUT2D eigenvalue weighted by molar-refractivity contribution is 0.190. The van der Waals surface area contributed by atoms with Crippen molar-refractivity contribution in [3.8, 4) is 5.75 Å². The zero-order valence-corrected chi connectivity index (χ0v) is 12.5. The lowest BCUT2D eigenvalue weighted by atomic mass is 10.1. The smallest absolute Gasteiger partial charge is 0.125 e. The number of hydrogen-bond donors (Lipinski definition) is 1. The predicted octanol–water partition coefficient (Wildman–Crippen LogP) is 3.78. The van der Waals surface area contributed by atoms with Crippen molar-refractivity contribution in [2.24, 2.45) is 0 Å². The molecule has 0 amide bonds. The molecule has 0 saturated heterocycles. The van der Waals surface area contributed by atoms with Crippen molar-refractivity contribution >= 4 is 15.9 Å². The summed E-state index contributed by atoms with van der Waals surface area (Å²) in [5.41, 5.74) is 2.88.